The molecule has 78 valence electrons. The number of hydrogen-bond acceptors (Lipinski definition) is 4. The monoisotopic (exact) mass is 304 g/mol. The summed E-state index contributed by atoms with van der Waals surface area (Å²) in [5.74, 6) is 0.719. The zero-order chi connectivity index (χ0) is 10.7. The molecule has 2 rings (SSSR count). The first-order valence-electron chi connectivity index (χ1n) is 4.09. The van der Waals surface area contributed by atoms with Crippen LogP contribution >= 0.6 is 39.1 Å². The van der Waals surface area contributed by atoms with Gasteiger partial charge in [-0.2, -0.15) is 0 Å². The second-order valence-corrected chi connectivity index (χ2v) is 4.63. The summed E-state index contributed by atoms with van der Waals surface area (Å²) >= 11 is 10.5. The summed E-state index contributed by atoms with van der Waals surface area (Å²) in [5, 5.41) is 6.35. The lowest BCUT2D eigenvalue weighted by molar-refractivity contribution is 0.301. The first-order chi connectivity index (χ1) is 7.25. The van der Waals surface area contributed by atoms with Gasteiger partial charge in [0.05, 0.1) is 5.02 Å². The fourth-order valence-electron chi connectivity index (χ4n) is 0.971. The Kier molecular flexibility index (Phi) is 3.56. The highest BCUT2D eigenvalue weighted by atomic mass is 79.9. The molecule has 0 amide bonds. The Morgan fingerprint density at radius 1 is 1.47 bits per heavy atom. The van der Waals surface area contributed by atoms with Crippen LogP contribution in [-0.2, 0) is 6.61 Å². The van der Waals surface area contributed by atoms with Gasteiger partial charge in [0.15, 0.2) is 0 Å². The first-order valence-corrected chi connectivity index (χ1v) is 6.10. The van der Waals surface area contributed by atoms with Gasteiger partial charge in [0.2, 0.25) is 0 Å². The summed E-state index contributed by atoms with van der Waals surface area (Å²) in [7, 11) is 0. The van der Waals surface area contributed by atoms with Crippen LogP contribution in [0.3, 0.4) is 0 Å². The largest absolute Gasteiger partial charge is 0.487 e. The summed E-state index contributed by atoms with van der Waals surface area (Å²) in [6.45, 7) is 0.411. The molecule has 0 saturated carbocycles. The lowest BCUT2D eigenvalue weighted by Crippen LogP contribution is -1.95. The van der Waals surface area contributed by atoms with Gasteiger partial charge in [-0.1, -0.05) is 16.1 Å². The zero-order valence-electron chi connectivity index (χ0n) is 7.48. The van der Waals surface area contributed by atoms with Crippen LogP contribution in [0.1, 0.15) is 5.69 Å². The first kappa shape index (κ1) is 10.9. The number of halogens is 2. The highest BCUT2D eigenvalue weighted by Gasteiger charge is 2.01. The van der Waals surface area contributed by atoms with E-state index in [0.29, 0.717) is 11.6 Å². The van der Waals surface area contributed by atoms with Gasteiger partial charge in [-0.05, 0) is 45.7 Å². The van der Waals surface area contributed by atoms with Crippen molar-refractivity contribution in [3.05, 3.63) is 38.8 Å². The minimum Gasteiger partial charge on any atom is -0.487 e. The fraction of sp³-hybridized carbons (Fsp3) is 0.111. The Morgan fingerprint density at radius 3 is 3.00 bits per heavy atom. The fourth-order valence-corrected chi connectivity index (χ4v) is 1.82. The highest BCUT2D eigenvalue weighted by Crippen LogP contribution is 2.27. The van der Waals surface area contributed by atoms with E-state index in [0.717, 1.165) is 15.9 Å². The van der Waals surface area contributed by atoms with E-state index < -0.39 is 0 Å². The molecule has 6 heteroatoms. The highest BCUT2D eigenvalue weighted by molar-refractivity contribution is 9.10. The minimum atomic E-state index is 0.411. The normalized spacial score (nSPS) is 10.3. The second kappa shape index (κ2) is 4.92. The summed E-state index contributed by atoms with van der Waals surface area (Å²) in [4.78, 5) is 0. The molecular formula is C9H6BrClN2OS. The average molecular weight is 306 g/mol. The van der Waals surface area contributed by atoms with Crippen LogP contribution in [0.25, 0.3) is 0 Å². The van der Waals surface area contributed by atoms with Gasteiger partial charge in [-0.15, -0.1) is 5.10 Å². The van der Waals surface area contributed by atoms with E-state index in [9.17, 15) is 0 Å². The number of benzene rings is 1. The predicted molar refractivity (Wildman–Crippen MR) is 63.4 cm³/mol. The molecule has 0 fully saturated rings. The number of ether oxygens (including phenoxy) is 1. The molecule has 1 aromatic carbocycles. The van der Waals surface area contributed by atoms with E-state index in [1.54, 1.807) is 6.07 Å². The lowest BCUT2D eigenvalue weighted by Gasteiger charge is -2.04. The minimum absolute atomic E-state index is 0.411. The van der Waals surface area contributed by atoms with E-state index >= 15 is 0 Å². The molecule has 2 aromatic rings. The van der Waals surface area contributed by atoms with Crippen molar-refractivity contribution < 1.29 is 4.74 Å². The summed E-state index contributed by atoms with van der Waals surface area (Å²) in [6, 6.07) is 5.44. The number of nitrogens with zero attached hydrogens (tertiary/aromatic N) is 2. The lowest BCUT2D eigenvalue weighted by atomic mass is 10.3. The zero-order valence-corrected chi connectivity index (χ0v) is 10.6. The molecule has 0 spiro atoms. The summed E-state index contributed by atoms with van der Waals surface area (Å²) in [5.41, 5.74) is 0.819. The maximum absolute atomic E-state index is 5.92. The third-order valence-corrected chi connectivity index (χ3v) is 3.47. The standard InChI is InChI=1S/C9H6BrClN2OS/c10-8-2-1-7(3-9(8)11)14-4-6-5-15-13-12-6/h1-3,5H,4H2. The van der Waals surface area contributed by atoms with E-state index in [-0.39, 0.29) is 0 Å². The molecule has 15 heavy (non-hydrogen) atoms. The third-order valence-electron chi connectivity index (χ3n) is 1.68. The second-order valence-electron chi connectivity index (χ2n) is 2.76. The maximum Gasteiger partial charge on any atom is 0.133 e. The van der Waals surface area contributed by atoms with Crippen molar-refractivity contribution >= 4 is 39.1 Å². The van der Waals surface area contributed by atoms with Gasteiger partial charge in [0, 0.05) is 9.85 Å². The molecule has 0 N–H and O–H groups in total. The van der Waals surface area contributed by atoms with Gasteiger partial charge in [0.25, 0.3) is 0 Å². The van der Waals surface area contributed by atoms with Crippen molar-refractivity contribution in [3.63, 3.8) is 0 Å². The molecule has 1 heterocycles. The average Bonchev–Trinajstić information content (AvgIpc) is 2.73. The van der Waals surface area contributed by atoms with Crippen molar-refractivity contribution in [2.24, 2.45) is 0 Å². The van der Waals surface area contributed by atoms with Crippen LogP contribution in [0.2, 0.25) is 5.02 Å². The molecule has 0 saturated heterocycles. The van der Waals surface area contributed by atoms with Gasteiger partial charge in [-0.3, -0.25) is 0 Å². The van der Waals surface area contributed by atoms with Crippen LogP contribution in [-0.4, -0.2) is 9.59 Å². The van der Waals surface area contributed by atoms with E-state index in [1.807, 2.05) is 17.5 Å². The van der Waals surface area contributed by atoms with Crippen LogP contribution in [0.5, 0.6) is 5.75 Å². The van der Waals surface area contributed by atoms with E-state index in [1.165, 1.54) is 11.5 Å². The van der Waals surface area contributed by atoms with Crippen LogP contribution in [0.15, 0.2) is 28.1 Å². The molecule has 1 aromatic heterocycles. The van der Waals surface area contributed by atoms with Crippen LogP contribution in [0, 0.1) is 0 Å². The van der Waals surface area contributed by atoms with Gasteiger partial charge >= 0.3 is 0 Å². The molecule has 0 aliphatic carbocycles. The Bertz CT molecular complexity index is 449. The molecule has 0 unspecified atom stereocenters. The van der Waals surface area contributed by atoms with Crippen molar-refractivity contribution in [1.82, 2.24) is 9.59 Å². The molecule has 3 nitrogen and oxygen atoms in total. The summed E-state index contributed by atoms with van der Waals surface area (Å²) in [6.07, 6.45) is 0. The smallest absolute Gasteiger partial charge is 0.133 e. The van der Waals surface area contributed by atoms with Crippen LogP contribution < -0.4 is 4.74 Å². The molecule has 0 aliphatic heterocycles. The van der Waals surface area contributed by atoms with Crippen molar-refractivity contribution in [1.29, 1.82) is 0 Å². The number of aromatic nitrogens is 2. The molecule has 0 radical (unpaired) electrons. The Hall–Kier alpha value is -0.650. The molecule has 0 bridgehead atoms. The molecule has 0 atom stereocenters. The van der Waals surface area contributed by atoms with Crippen molar-refractivity contribution in [2.45, 2.75) is 6.61 Å². The Balaban J connectivity index is 2.02. The van der Waals surface area contributed by atoms with Gasteiger partial charge in [-0.25, -0.2) is 0 Å². The van der Waals surface area contributed by atoms with Crippen molar-refractivity contribution in [3.8, 4) is 5.75 Å². The third kappa shape index (κ3) is 2.90. The quantitative estimate of drug-likeness (QED) is 0.870. The summed E-state index contributed by atoms with van der Waals surface area (Å²) < 4.78 is 10.1. The van der Waals surface area contributed by atoms with Crippen LogP contribution in [0.4, 0.5) is 0 Å². The predicted octanol–water partition coefficient (Wildman–Crippen LogP) is 3.53. The maximum atomic E-state index is 5.92. The molecule has 0 aliphatic rings. The van der Waals surface area contributed by atoms with E-state index in [4.69, 9.17) is 16.3 Å². The van der Waals surface area contributed by atoms with E-state index in [2.05, 4.69) is 25.5 Å². The van der Waals surface area contributed by atoms with Gasteiger partial charge in [0.1, 0.15) is 18.1 Å². The number of hydrogen-bond donors (Lipinski definition) is 0. The SMILES string of the molecule is Clc1cc(OCc2csnn2)ccc1Br. The topological polar surface area (TPSA) is 35.0 Å². The Labute approximate surface area is 104 Å². The number of rotatable bonds is 3. The Morgan fingerprint density at radius 2 is 2.33 bits per heavy atom. The molecular weight excluding hydrogens is 300 g/mol. The van der Waals surface area contributed by atoms with Crippen molar-refractivity contribution in [2.75, 3.05) is 0 Å². The van der Waals surface area contributed by atoms with Gasteiger partial charge < -0.3 is 4.74 Å².